The summed E-state index contributed by atoms with van der Waals surface area (Å²) in [4.78, 5) is -0.377. The van der Waals surface area contributed by atoms with Crippen molar-refractivity contribution in [3.8, 4) is 5.75 Å². The molecule has 0 saturated carbocycles. The lowest BCUT2D eigenvalue weighted by Crippen LogP contribution is -2.23. The van der Waals surface area contributed by atoms with Crippen LogP contribution in [-0.2, 0) is 26.6 Å². The Morgan fingerprint density at radius 3 is 1.85 bits per heavy atom. The number of hydrogen-bond acceptors (Lipinski definition) is 5. The van der Waals surface area contributed by atoms with Crippen LogP contribution in [0.5, 0.6) is 5.75 Å². The van der Waals surface area contributed by atoms with Crippen LogP contribution >= 0.6 is 0 Å². The molecule has 7 nitrogen and oxygen atoms in total. The van der Waals surface area contributed by atoms with Gasteiger partial charge in [0.15, 0.2) is 0 Å². The maximum atomic E-state index is 12.1. The summed E-state index contributed by atoms with van der Waals surface area (Å²) in [6.07, 6.45) is -4.87. The van der Waals surface area contributed by atoms with E-state index in [9.17, 15) is 30.0 Å². The Morgan fingerprint density at radius 2 is 1.38 bits per heavy atom. The largest absolute Gasteiger partial charge is 0.573 e. The Hall–Kier alpha value is -2.15. The van der Waals surface area contributed by atoms with Gasteiger partial charge in [0.1, 0.15) is 5.75 Å². The quantitative estimate of drug-likeness (QED) is 0.752. The Kier molecular flexibility index (Phi) is 5.61. The van der Waals surface area contributed by atoms with Gasteiger partial charge in [-0.1, -0.05) is 12.1 Å². The number of alkyl halides is 3. The van der Waals surface area contributed by atoms with Crippen molar-refractivity contribution in [2.24, 2.45) is 5.14 Å². The smallest absolute Gasteiger partial charge is 0.406 e. The maximum absolute atomic E-state index is 12.1. The maximum Gasteiger partial charge on any atom is 0.573 e. The summed E-state index contributed by atoms with van der Waals surface area (Å²) >= 11 is 0. The van der Waals surface area contributed by atoms with E-state index < -0.39 is 32.2 Å². The van der Waals surface area contributed by atoms with E-state index in [1.807, 2.05) is 0 Å². The highest BCUT2D eigenvalue weighted by atomic mass is 32.2. The Labute approximate surface area is 147 Å². The number of halogens is 3. The third kappa shape index (κ3) is 5.69. The van der Waals surface area contributed by atoms with Gasteiger partial charge in [-0.2, -0.15) is 0 Å². The van der Waals surface area contributed by atoms with Gasteiger partial charge in [0.05, 0.1) is 9.79 Å². The molecule has 0 bridgehead atoms. The lowest BCUT2D eigenvalue weighted by atomic mass is 10.2. The van der Waals surface area contributed by atoms with Gasteiger partial charge in [-0.3, -0.25) is 0 Å². The van der Waals surface area contributed by atoms with Crippen molar-refractivity contribution < 1.29 is 34.7 Å². The molecule has 2 aromatic rings. The van der Waals surface area contributed by atoms with Gasteiger partial charge >= 0.3 is 6.36 Å². The number of sulfonamides is 2. The SMILES string of the molecule is NS(=O)(=O)c1ccc(CNS(=O)(=O)c2ccc(OC(F)(F)F)cc2)cc1. The zero-order chi connectivity index (χ0) is 19.6. The van der Waals surface area contributed by atoms with E-state index >= 15 is 0 Å². The lowest BCUT2D eigenvalue weighted by molar-refractivity contribution is -0.274. The molecule has 0 radical (unpaired) electrons. The van der Waals surface area contributed by atoms with Crippen molar-refractivity contribution in [1.82, 2.24) is 4.72 Å². The molecule has 0 aliphatic heterocycles. The van der Waals surface area contributed by atoms with Gasteiger partial charge in [0.2, 0.25) is 20.0 Å². The second-order valence-electron chi connectivity index (χ2n) is 5.03. The summed E-state index contributed by atoms with van der Waals surface area (Å²) in [7, 11) is -7.84. The molecule has 0 aliphatic carbocycles. The molecule has 0 spiro atoms. The average Bonchev–Trinajstić information content (AvgIpc) is 2.51. The van der Waals surface area contributed by atoms with Crippen LogP contribution < -0.4 is 14.6 Å². The molecule has 3 N–H and O–H groups in total. The van der Waals surface area contributed by atoms with Crippen molar-refractivity contribution in [3.05, 3.63) is 54.1 Å². The van der Waals surface area contributed by atoms with Crippen molar-refractivity contribution in [2.45, 2.75) is 22.7 Å². The first kappa shape index (κ1) is 20.2. The Bertz CT molecular complexity index is 971. The molecule has 0 fully saturated rings. The van der Waals surface area contributed by atoms with E-state index in [1.54, 1.807) is 0 Å². The van der Waals surface area contributed by atoms with Crippen LogP contribution in [-0.4, -0.2) is 23.2 Å². The molecule has 0 amide bonds. The van der Waals surface area contributed by atoms with E-state index in [-0.39, 0.29) is 16.3 Å². The summed E-state index contributed by atoms with van der Waals surface area (Å²) in [6.45, 7) is -0.159. The highest BCUT2D eigenvalue weighted by Crippen LogP contribution is 2.23. The molecule has 2 aromatic carbocycles. The molecule has 12 heteroatoms. The minimum Gasteiger partial charge on any atom is -0.406 e. The van der Waals surface area contributed by atoms with Gasteiger partial charge in [0, 0.05) is 6.54 Å². The molecule has 26 heavy (non-hydrogen) atoms. The monoisotopic (exact) mass is 410 g/mol. The van der Waals surface area contributed by atoms with Crippen molar-refractivity contribution in [3.63, 3.8) is 0 Å². The normalized spacial score (nSPS) is 12.8. The molecule has 0 atom stereocenters. The van der Waals surface area contributed by atoms with Crippen LogP contribution in [0.15, 0.2) is 58.3 Å². The van der Waals surface area contributed by atoms with Gasteiger partial charge in [-0.25, -0.2) is 26.7 Å². The zero-order valence-corrected chi connectivity index (χ0v) is 14.5. The predicted molar refractivity (Wildman–Crippen MR) is 85.0 cm³/mol. The van der Waals surface area contributed by atoms with E-state index in [4.69, 9.17) is 5.14 Å². The molecular weight excluding hydrogens is 397 g/mol. The fraction of sp³-hybridized carbons (Fsp3) is 0.143. The van der Waals surface area contributed by atoms with Gasteiger partial charge in [-0.15, -0.1) is 13.2 Å². The Morgan fingerprint density at radius 1 is 0.885 bits per heavy atom. The summed E-state index contributed by atoms with van der Waals surface area (Å²) < 4.78 is 88.7. The van der Waals surface area contributed by atoms with Crippen LogP contribution in [0.25, 0.3) is 0 Å². The molecule has 0 saturated heterocycles. The summed E-state index contributed by atoms with van der Waals surface area (Å²) in [5.41, 5.74) is 0.456. The van der Waals surface area contributed by atoms with Crippen LogP contribution in [0.4, 0.5) is 13.2 Å². The summed E-state index contributed by atoms with van der Waals surface area (Å²) in [5, 5.41) is 4.96. The fourth-order valence-corrected chi connectivity index (χ4v) is 3.41. The van der Waals surface area contributed by atoms with Crippen molar-refractivity contribution in [1.29, 1.82) is 0 Å². The molecule has 2 rings (SSSR count). The topological polar surface area (TPSA) is 116 Å². The van der Waals surface area contributed by atoms with E-state index in [0.717, 1.165) is 24.3 Å². The fourth-order valence-electron chi connectivity index (χ4n) is 1.88. The minimum atomic E-state index is -4.87. The highest BCUT2D eigenvalue weighted by Gasteiger charge is 2.31. The van der Waals surface area contributed by atoms with E-state index in [2.05, 4.69) is 9.46 Å². The minimum absolute atomic E-state index is 0.121. The van der Waals surface area contributed by atoms with E-state index in [0.29, 0.717) is 5.56 Å². The molecule has 0 unspecified atom stereocenters. The molecule has 0 aromatic heterocycles. The zero-order valence-electron chi connectivity index (χ0n) is 12.9. The number of nitrogens with one attached hydrogen (secondary N) is 1. The number of hydrogen-bond donors (Lipinski definition) is 2. The lowest BCUT2D eigenvalue weighted by Gasteiger charge is -2.10. The first-order valence-corrected chi connectivity index (χ1v) is 9.87. The standard InChI is InChI=1S/C14H13F3N2O5S2/c15-14(16,17)24-11-3-7-13(8-4-11)26(22,23)19-9-10-1-5-12(6-2-10)25(18,20)21/h1-8,19H,9H2,(H2,18,20,21). The number of benzene rings is 2. The number of nitrogens with two attached hydrogens (primary N) is 1. The number of ether oxygens (including phenoxy) is 1. The van der Waals surface area contributed by atoms with Crippen LogP contribution in [0.3, 0.4) is 0 Å². The number of rotatable bonds is 6. The summed E-state index contributed by atoms with van der Waals surface area (Å²) in [5.74, 6) is -0.546. The molecule has 0 aliphatic rings. The third-order valence-corrected chi connectivity index (χ3v) is 5.43. The molecule has 142 valence electrons. The van der Waals surface area contributed by atoms with Crippen molar-refractivity contribution >= 4 is 20.0 Å². The number of primary sulfonamides is 1. The first-order chi connectivity index (χ1) is 11.9. The van der Waals surface area contributed by atoms with Crippen LogP contribution in [0.2, 0.25) is 0 Å². The second-order valence-corrected chi connectivity index (χ2v) is 8.36. The van der Waals surface area contributed by atoms with Crippen molar-refractivity contribution in [2.75, 3.05) is 0 Å². The van der Waals surface area contributed by atoms with Gasteiger partial charge in [-0.05, 0) is 42.0 Å². The average molecular weight is 410 g/mol. The van der Waals surface area contributed by atoms with Crippen LogP contribution in [0.1, 0.15) is 5.56 Å². The van der Waals surface area contributed by atoms with Crippen LogP contribution in [0, 0.1) is 0 Å². The third-order valence-electron chi connectivity index (χ3n) is 3.09. The van der Waals surface area contributed by atoms with E-state index in [1.165, 1.54) is 24.3 Å². The molecule has 0 heterocycles. The molecular formula is C14H13F3N2O5S2. The second kappa shape index (κ2) is 7.23. The Balaban J connectivity index is 2.06. The van der Waals surface area contributed by atoms with Gasteiger partial charge in [0.25, 0.3) is 0 Å². The summed E-state index contributed by atoms with van der Waals surface area (Å²) in [6, 6.07) is 8.89. The van der Waals surface area contributed by atoms with Gasteiger partial charge < -0.3 is 4.74 Å². The predicted octanol–water partition coefficient (Wildman–Crippen LogP) is 1.71. The highest BCUT2D eigenvalue weighted by molar-refractivity contribution is 7.89. The first-order valence-electron chi connectivity index (χ1n) is 6.84.